The van der Waals surface area contributed by atoms with Gasteiger partial charge in [0.25, 0.3) is 0 Å². The fraction of sp³-hybridized carbons (Fsp3) is 0.545. The van der Waals surface area contributed by atoms with Gasteiger partial charge in [-0.1, -0.05) is 0 Å². The number of halogens is 3. The molecule has 2 aliphatic heterocycles. The highest BCUT2D eigenvalue weighted by atomic mass is 19.4. The Kier molecular flexibility index (Phi) is 8.13. The Morgan fingerprint density at radius 2 is 1.88 bits per heavy atom. The molecule has 1 aromatic heterocycles. The SMILES string of the molecule is O=C(O)C=C(C(=O)O)C1CN(CCCCN2CCCC2=O)CCN1c1cc(C(F)(F)F)ccn1. The van der Waals surface area contributed by atoms with Gasteiger partial charge >= 0.3 is 18.1 Å². The van der Waals surface area contributed by atoms with Crippen molar-refractivity contribution in [1.82, 2.24) is 14.8 Å². The fourth-order valence-electron chi connectivity index (χ4n) is 4.35. The number of piperazine rings is 1. The molecule has 12 heteroatoms. The number of hydrogen-bond acceptors (Lipinski definition) is 6. The first kappa shape index (κ1) is 25.5. The van der Waals surface area contributed by atoms with E-state index in [4.69, 9.17) is 5.11 Å². The zero-order valence-corrected chi connectivity index (χ0v) is 18.5. The van der Waals surface area contributed by atoms with Gasteiger partial charge in [0.05, 0.1) is 17.2 Å². The standard InChI is InChI=1S/C22H27F3N4O5/c23-22(24,25)15-5-6-26-18(12-15)29-11-10-27(7-1-2-8-28-9-3-4-19(28)30)14-17(29)16(21(33)34)13-20(31)32/h5-6,12-13,17H,1-4,7-11,14H2,(H,31,32)(H,33,34). The maximum Gasteiger partial charge on any atom is 0.416 e. The third-order valence-corrected chi connectivity index (χ3v) is 6.04. The van der Waals surface area contributed by atoms with Gasteiger partial charge in [-0.2, -0.15) is 13.2 Å². The first-order chi connectivity index (χ1) is 16.1. The highest BCUT2D eigenvalue weighted by Crippen LogP contribution is 2.32. The van der Waals surface area contributed by atoms with Crippen molar-refractivity contribution < 1.29 is 37.8 Å². The van der Waals surface area contributed by atoms with E-state index in [-0.39, 0.29) is 24.8 Å². The lowest BCUT2D eigenvalue weighted by molar-refractivity contribution is -0.137. The summed E-state index contributed by atoms with van der Waals surface area (Å²) in [6, 6.07) is 0.666. The second kappa shape index (κ2) is 10.9. The molecule has 1 aromatic rings. The van der Waals surface area contributed by atoms with Crippen molar-refractivity contribution in [3.05, 3.63) is 35.5 Å². The molecule has 1 unspecified atom stereocenters. The van der Waals surface area contributed by atoms with Crippen molar-refractivity contribution in [2.45, 2.75) is 37.9 Å². The van der Waals surface area contributed by atoms with Gasteiger partial charge in [-0.25, -0.2) is 14.6 Å². The van der Waals surface area contributed by atoms with E-state index in [2.05, 4.69) is 4.98 Å². The van der Waals surface area contributed by atoms with E-state index in [1.165, 1.54) is 4.90 Å². The zero-order chi connectivity index (χ0) is 24.9. The summed E-state index contributed by atoms with van der Waals surface area (Å²) in [5.41, 5.74) is -1.35. The van der Waals surface area contributed by atoms with Crippen LogP contribution in [0.25, 0.3) is 0 Å². The largest absolute Gasteiger partial charge is 0.478 e. The van der Waals surface area contributed by atoms with Crippen LogP contribution in [0.5, 0.6) is 0 Å². The number of anilines is 1. The third-order valence-electron chi connectivity index (χ3n) is 6.04. The number of rotatable bonds is 9. The van der Waals surface area contributed by atoms with Crippen molar-refractivity contribution >= 4 is 23.7 Å². The number of alkyl halides is 3. The number of carbonyl (C=O) groups is 3. The van der Waals surface area contributed by atoms with Gasteiger partial charge in [0.15, 0.2) is 0 Å². The summed E-state index contributed by atoms with van der Waals surface area (Å²) in [5, 5.41) is 18.8. The molecule has 0 radical (unpaired) electrons. The maximum atomic E-state index is 13.2. The van der Waals surface area contributed by atoms with Crippen molar-refractivity contribution in [2.24, 2.45) is 0 Å². The third kappa shape index (κ3) is 6.46. The number of pyridine rings is 1. The van der Waals surface area contributed by atoms with Crippen LogP contribution in [0.1, 0.15) is 31.2 Å². The molecular weight excluding hydrogens is 457 g/mol. The normalized spacial score (nSPS) is 20.1. The summed E-state index contributed by atoms with van der Waals surface area (Å²) in [4.78, 5) is 44.0. The van der Waals surface area contributed by atoms with Crippen molar-refractivity contribution in [3.63, 3.8) is 0 Å². The molecule has 0 aliphatic carbocycles. The van der Waals surface area contributed by atoms with Crippen LogP contribution in [0, 0.1) is 0 Å². The Labute approximate surface area is 194 Å². The van der Waals surface area contributed by atoms with Gasteiger partial charge in [0.1, 0.15) is 5.82 Å². The predicted octanol–water partition coefficient (Wildman–Crippen LogP) is 2.09. The Balaban J connectivity index is 1.75. The summed E-state index contributed by atoms with van der Waals surface area (Å²) < 4.78 is 39.6. The molecule has 9 nitrogen and oxygen atoms in total. The van der Waals surface area contributed by atoms with E-state index in [0.717, 1.165) is 44.1 Å². The molecule has 2 N–H and O–H groups in total. The number of carboxylic acids is 2. The smallest absolute Gasteiger partial charge is 0.416 e. The number of aromatic nitrogens is 1. The van der Waals surface area contributed by atoms with Gasteiger partial charge in [-0.3, -0.25) is 9.69 Å². The van der Waals surface area contributed by atoms with Gasteiger partial charge < -0.3 is 20.0 Å². The molecule has 1 atom stereocenters. The monoisotopic (exact) mass is 484 g/mol. The molecule has 3 heterocycles. The van der Waals surface area contributed by atoms with Crippen LogP contribution >= 0.6 is 0 Å². The number of carbonyl (C=O) groups excluding carboxylic acids is 1. The minimum Gasteiger partial charge on any atom is -0.478 e. The minimum absolute atomic E-state index is 0.0652. The molecule has 0 spiro atoms. The summed E-state index contributed by atoms with van der Waals surface area (Å²) >= 11 is 0. The number of nitrogens with zero attached hydrogens (tertiary/aromatic N) is 4. The van der Waals surface area contributed by atoms with Crippen LogP contribution < -0.4 is 4.90 Å². The molecule has 2 aliphatic rings. The van der Waals surface area contributed by atoms with E-state index in [0.29, 0.717) is 32.1 Å². The number of hydrogen-bond donors (Lipinski definition) is 2. The first-order valence-corrected chi connectivity index (χ1v) is 11.0. The van der Waals surface area contributed by atoms with Crippen LogP contribution in [-0.4, -0.2) is 88.2 Å². The van der Waals surface area contributed by atoms with Crippen molar-refractivity contribution in [1.29, 1.82) is 0 Å². The summed E-state index contributed by atoms with van der Waals surface area (Å²) in [7, 11) is 0. The average Bonchev–Trinajstić information content (AvgIpc) is 3.19. The van der Waals surface area contributed by atoms with Crippen LogP contribution in [0.4, 0.5) is 19.0 Å². The maximum absolute atomic E-state index is 13.2. The number of amides is 1. The first-order valence-electron chi connectivity index (χ1n) is 11.0. The van der Waals surface area contributed by atoms with Crippen LogP contribution in [-0.2, 0) is 20.6 Å². The minimum atomic E-state index is -4.60. The highest BCUT2D eigenvalue weighted by Gasteiger charge is 2.36. The van der Waals surface area contributed by atoms with Gasteiger partial charge in [0.2, 0.25) is 5.91 Å². The molecule has 0 aromatic carbocycles. The second-order valence-electron chi connectivity index (χ2n) is 8.34. The molecule has 1 amide bonds. The molecule has 186 valence electrons. The van der Waals surface area contributed by atoms with Gasteiger partial charge in [0, 0.05) is 51.4 Å². The zero-order valence-electron chi connectivity index (χ0n) is 18.5. The number of aliphatic carboxylic acids is 2. The van der Waals surface area contributed by atoms with E-state index in [9.17, 15) is 32.7 Å². The Hall–Kier alpha value is -3.15. The molecule has 2 fully saturated rings. The summed E-state index contributed by atoms with van der Waals surface area (Å²) in [6.07, 6.45) is -0.0795. The lowest BCUT2D eigenvalue weighted by Crippen LogP contribution is -2.55. The van der Waals surface area contributed by atoms with Crippen LogP contribution in [0.15, 0.2) is 30.0 Å². The summed E-state index contributed by atoms with van der Waals surface area (Å²) in [6.45, 7) is 2.72. The Bertz CT molecular complexity index is 953. The average molecular weight is 484 g/mol. The van der Waals surface area contributed by atoms with Crippen LogP contribution in [0.2, 0.25) is 0 Å². The molecular formula is C22H27F3N4O5. The van der Waals surface area contributed by atoms with Crippen LogP contribution in [0.3, 0.4) is 0 Å². The molecule has 0 saturated carbocycles. The highest BCUT2D eigenvalue weighted by molar-refractivity contribution is 5.96. The number of carboxylic acid groups (broad SMARTS) is 2. The topological polar surface area (TPSA) is 114 Å². The number of likely N-dealkylation sites (tertiary alicyclic amines) is 1. The molecule has 2 saturated heterocycles. The lowest BCUT2D eigenvalue weighted by atomic mass is 10.0. The quantitative estimate of drug-likeness (QED) is 0.405. The van der Waals surface area contributed by atoms with Gasteiger partial charge in [-0.15, -0.1) is 0 Å². The van der Waals surface area contributed by atoms with Crippen molar-refractivity contribution in [3.8, 4) is 0 Å². The Morgan fingerprint density at radius 3 is 2.50 bits per heavy atom. The van der Waals surface area contributed by atoms with E-state index in [1.54, 1.807) is 0 Å². The van der Waals surface area contributed by atoms with E-state index in [1.807, 2.05) is 9.80 Å². The summed E-state index contributed by atoms with van der Waals surface area (Å²) in [5.74, 6) is -2.84. The van der Waals surface area contributed by atoms with E-state index < -0.39 is 35.3 Å². The molecule has 0 bridgehead atoms. The second-order valence-corrected chi connectivity index (χ2v) is 8.34. The Morgan fingerprint density at radius 1 is 1.15 bits per heavy atom. The number of unbranched alkanes of at least 4 members (excludes halogenated alkanes) is 1. The molecule has 3 rings (SSSR count). The van der Waals surface area contributed by atoms with Gasteiger partial charge in [-0.05, 0) is 37.9 Å². The fourth-order valence-corrected chi connectivity index (χ4v) is 4.35. The van der Waals surface area contributed by atoms with E-state index >= 15 is 0 Å². The predicted molar refractivity (Wildman–Crippen MR) is 115 cm³/mol. The van der Waals surface area contributed by atoms with Crippen molar-refractivity contribution in [2.75, 3.05) is 44.2 Å². The molecule has 34 heavy (non-hydrogen) atoms. The lowest BCUT2D eigenvalue weighted by Gasteiger charge is -2.42.